The van der Waals surface area contributed by atoms with Gasteiger partial charge in [-0.25, -0.2) is 0 Å². The van der Waals surface area contributed by atoms with E-state index in [4.69, 9.17) is 4.74 Å². The third-order valence-electron chi connectivity index (χ3n) is 5.07. The molecule has 28 heavy (non-hydrogen) atoms. The Balaban J connectivity index is 2.05. The van der Waals surface area contributed by atoms with Crippen molar-refractivity contribution in [2.24, 2.45) is 0 Å². The number of hydrogen-bond acceptors (Lipinski definition) is 4. The zero-order chi connectivity index (χ0) is 20.1. The molecule has 0 unspecified atom stereocenters. The van der Waals surface area contributed by atoms with Gasteiger partial charge in [-0.2, -0.15) is 0 Å². The number of nitrogens with zero attached hydrogens (tertiary/aromatic N) is 2. The number of amides is 1. The van der Waals surface area contributed by atoms with Crippen LogP contribution in [0.3, 0.4) is 0 Å². The summed E-state index contributed by atoms with van der Waals surface area (Å²) < 4.78 is 5.45. The van der Waals surface area contributed by atoms with Crippen molar-refractivity contribution in [2.75, 3.05) is 13.2 Å². The zero-order valence-electron chi connectivity index (χ0n) is 16.7. The van der Waals surface area contributed by atoms with Gasteiger partial charge in [-0.15, -0.1) is 0 Å². The molecule has 2 aromatic carbocycles. The highest BCUT2D eigenvalue weighted by atomic mass is 16.5. The van der Waals surface area contributed by atoms with E-state index in [1.165, 1.54) is 0 Å². The monoisotopic (exact) mass is 380 g/mol. The Morgan fingerprint density at radius 1 is 1.07 bits per heavy atom. The topological polar surface area (TPSA) is 49.9 Å². The summed E-state index contributed by atoms with van der Waals surface area (Å²) in [5.41, 5.74) is 2.01. The Kier molecular flexibility index (Phi) is 6.47. The van der Waals surface area contributed by atoms with Gasteiger partial charge >= 0.3 is 5.97 Å². The van der Waals surface area contributed by atoms with Crippen molar-refractivity contribution in [1.29, 1.82) is 0 Å². The molecule has 1 heterocycles. The van der Waals surface area contributed by atoms with Crippen LogP contribution < -0.4 is 0 Å². The van der Waals surface area contributed by atoms with E-state index < -0.39 is 6.04 Å². The number of hydrogen-bond donors (Lipinski definition) is 0. The van der Waals surface area contributed by atoms with Crippen molar-refractivity contribution in [3.05, 3.63) is 71.8 Å². The summed E-state index contributed by atoms with van der Waals surface area (Å²) in [5.74, 6) is -0.259. The maximum atomic E-state index is 13.1. The second kappa shape index (κ2) is 9.02. The summed E-state index contributed by atoms with van der Waals surface area (Å²) in [6, 6.07) is 18.7. The second-order valence-corrected chi connectivity index (χ2v) is 7.34. The lowest BCUT2D eigenvalue weighted by molar-refractivity contribution is -0.163. The predicted octanol–water partition coefficient (Wildman–Crippen LogP) is 3.41. The lowest BCUT2D eigenvalue weighted by Gasteiger charge is -2.47. The molecule has 1 fully saturated rings. The highest BCUT2D eigenvalue weighted by Gasteiger charge is 2.46. The highest BCUT2D eigenvalue weighted by Crippen LogP contribution is 2.35. The number of piperazine rings is 1. The molecular weight excluding hydrogens is 352 g/mol. The van der Waals surface area contributed by atoms with Gasteiger partial charge in [0.2, 0.25) is 5.91 Å². The van der Waals surface area contributed by atoms with Crippen LogP contribution in [0.1, 0.15) is 37.9 Å². The normalized spacial score (nSPS) is 20.4. The fourth-order valence-electron chi connectivity index (χ4n) is 3.94. The van der Waals surface area contributed by atoms with Crippen molar-refractivity contribution in [3.8, 4) is 0 Å². The lowest BCUT2D eigenvalue weighted by Crippen LogP contribution is -2.61. The van der Waals surface area contributed by atoms with E-state index in [2.05, 4.69) is 0 Å². The van der Waals surface area contributed by atoms with Crippen LogP contribution in [0.15, 0.2) is 60.7 Å². The molecule has 1 saturated heterocycles. The van der Waals surface area contributed by atoms with E-state index in [9.17, 15) is 9.59 Å². The van der Waals surface area contributed by atoms with Gasteiger partial charge in [0.25, 0.3) is 0 Å². The van der Waals surface area contributed by atoms with Crippen molar-refractivity contribution in [2.45, 2.75) is 45.4 Å². The summed E-state index contributed by atoms with van der Waals surface area (Å²) >= 11 is 0. The van der Waals surface area contributed by atoms with E-state index in [0.29, 0.717) is 13.2 Å². The van der Waals surface area contributed by atoms with Crippen LogP contribution in [-0.4, -0.2) is 46.9 Å². The summed E-state index contributed by atoms with van der Waals surface area (Å²) in [6.07, 6.45) is 0. The molecule has 0 radical (unpaired) electrons. The van der Waals surface area contributed by atoms with Gasteiger partial charge < -0.3 is 9.64 Å². The minimum absolute atomic E-state index is 0.0199. The molecule has 2 atom stereocenters. The molecule has 0 N–H and O–H groups in total. The molecule has 2 aromatic rings. The third kappa shape index (κ3) is 4.25. The van der Waals surface area contributed by atoms with Crippen LogP contribution in [0.5, 0.6) is 0 Å². The molecule has 0 aliphatic carbocycles. The zero-order valence-corrected chi connectivity index (χ0v) is 16.7. The lowest BCUT2D eigenvalue weighted by atomic mass is 9.91. The Bertz CT molecular complexity index is 792. The highest BCUT2D eigenvalue weighted by molar-refractivity contribution is 5.85. The van der Waals surface area contributed by atoms with Gasteiger partial charge in [0.1, 0.15) is 6.04 Å². The van der Waals surface area contributed by atoms with Gasteiger partial charge in [-0.05, 0) is 31.9 Å². The van der Waals surface area contributed by atoms with Gasteiger partial charge in [0.05, 0.1) is 19.2 Å². The van der Waals surface area contributed by atoms with E-state index in [0.717, 1.165) is 11.1 Å². The third-order valence-corrected chi connectivity index (χ3v) is 5.07. The fourth-order valence-corrected chi connectivity index (χ4v) is 3.94. The SMILES string of the molecule is CCOC(=O)[C@@H]1[C@H](c2ccccc2)N(C(C)C)C(=O)CN1Cc1ccccc1. The number of benzene rings is 2. The Morgan fingerprint density at radius 2 is 1.68 bits per heavy atom. The minimum atomic E-state index is -0.553. The smallest absolute Gasteiger partial charge is 0.325 e. The number of carbonyl (C=O) groups is 2. The molecule has 1 amide bonds. The summed E-state index contributed by atoms with van der Waals surface area (Å²) in [5, 5.41) is 0. The molecule has 1 aliphatic heterocycles. The van der Waals surface area contributed by atoms with E-state index in [-0.39, 0.29) is 30.5 Å². The number of rotatable bonds is 6. The fraction of sp³-hybridized carbons (Fsp3) is 0.391. The van der Waals surface area contributed by atoms with E-state index >= 15 is 0 Å². The van der Waals surface area contributed by atoms with Crippen LogP contribution in [0.4, 0.5) is 0 Å². The molecule has 1 aliphatic rings. The average Bonchev–Trinajstić information content (AvgIpc) is 2.68. The van der Waals surface area contributed by atoms with E-state index in [1.54, 1.807) is 0 Å². The molecule has 5 heteroatoms. The van der Waals surface area contributed by atoms with Crippen LogP contribution >= 0.6 is 0 Å². The quantitative estimate of drug-likeness (QED) is 0.721. The second-order valence-electron chi connectivity index (χ2n) is 7.34. The average molecular weight is 380 g/mol. The predicted molar refractivity (Wildman–Crippen MR) is 108 cm³/mol. The number of carbonyl (C=O) groups excluding carboxylic acids is 2. The Hall–Kier alpha value is -2.66. The molecule has 0 saturated carbocycles. The Morgan fingerprint density at radius 3 is 2.25 bits per heavy atom. The Labute approximate surface area is 166 Å². The molecule has 3 rings (SSSR count). The van der Waals surface area contributed by atoms with Gasteiger partial charge in [0.15, 0.2) is 0 Å². The van der Waals surface area contributed by atoms with Crippen molar-refractivity contribution in [3.63, 3.8) is 0 Å². The maximum absolute atomic E-state index is 13.1. The van der Waals surface area contributed by atoms with Crippen molar-refractivity contribution >= 4 is 11.9 Å². The van der Waals surface area contributed by atoms with Gasteiger partial charge in [0, 0.05) is 12.6 Å². The first kappa shape index (κ1) is 20.1. The van der Waals surface area contributed by atoms with Crippen LogP contribution in [0, 0.1) is 0 Å². The number of ether oxygens (including phenoxy) is 1. The van der Waals surface area contributed by atoms with Gasteiger partial charge in [-0.3, -0.25) is 14.5 Å². The van der Waals surface area contributed by atoms with Crippen LogP contribution in [0.2, 0.25) is 0 Å². The number of esters is 1. The first-order chi connectivity index (χ1) is 13.5. The molecule has 148 valence electrons. The summed E-state index contributed by atoms with van der Waals surface area (Å²) in [7, 11) is 0. The first-order valence-electron chi connectivity index (χ1n) is 9.83. The van der Waals surface area contributed by atoms with E-state index in [1.807, 2.05) is 91.2 Å². The summed E-state index contributed by atoms with van der Waals surface area (Å²) in [6.45, 7) is 6.81. The molecule has 5 nitrogen and oxygen atoms in total. The van der Waals surface area contributed by atoms with Crippen molar-refractivity contribution < 1.29 is 14.3 Å². The molecule has 0 bridgehead atoms. The minimum Gasteiger partial charge on any atom is -0.465 e. The first-order valence-corrected chi connectivity index (χ1v) is 9.83. The van der Waals surface area contributed by atoms with Crippen LogP contribution in [0.25, 0.3) is 0 Å². The van der Waals surface area contributed by atoms with Crippen molar-refractivity contribution in [1.82, 2.24) is 9.80 Å². The molecular formula is C23H28N2O3. The largest absolute Gasteiger partial charge is 0.465 e. The molecule has 0 spiro atoms. The van der Waals surface area contributed by atoms with Crippen LogP contribution in [-0.2, 0) is 20.9 Å². The van der Waals surface area contributed by atoms with Gasteiger partial charge in [-0.1, -0.05) is 60.7 Å². The molecule has 0 aromatic heterocycles. The standard InChI is InChI=1S/C23H28N2O3/c1-4-28-23(27)22-21(19-13-9-6-10-14-19)25(17(2)3)20(26)16-24(22)15-18-11-7-5-8-12-18/h5-14,17,21-22H,4,15-16H2,1-3H3/t21-,22-/m0/s1. The maximum Gasteiger partial charge on any atom is 0.325 e. The summed E-state index contributed by atoms with van der Waals surface area (Å²) in [4.78, 5) is 29.9.